The van der Waals surface area contributed by atoms with Crippen LogP contribution in [-0.2, 0) is 16.2 Å². The van der Waals surface area contributed by atoms with Crippen molar-refractivity contribution in [3.8, 4) is 0 Å². The van der Waals surface area contributed by atoms with E-state index in [4.69, 9.17) is 4.42 Å². The summed E-state index contributed by atoms with van der Waals surface area (Å²) in [5.41, 5.74) is 15.0. The van der Waals surface area contributed by atoms with Gasteiger partial charge in [0.25, 0.3) is 0 Å². The zero-order chi connectivity index (χ0) is 39.7. The van der Waals surface area contributed by atoms with Gasteiger partial charge in [-0.2, -0.15) is 0 Å². The van der Waals surface area contributed by atoms with Crippen LogP contribution in [0.15, 0.2) is 131 Å². The van der Waals surface area contributed by atoms with E-state index in [1.165, 1.54) is 43.6 Å². The number of fused-ring (bicyclic) bond motifs is 4. The highest BCUT2D eigenvalue weighted by molar-refractivity contribution is 7.17. The van der Waals surface area contributed by atoms with E-state index in [1.54, 1.807) is 0 Å². The van der Waals surface area contributed by atoms with E-state index in [9.17, 15) is 0 Å². The number of aryl methyl sites for hydroxylation is 1. The van der Waals surface area contributed by atoms with Crippen molar-refractivity contribution in [2.24, 2.45) is 0 Å². The van der Waals surface area contributed by atoms with Crippen LogP contribution in [0.25, 0.3) is 32.0 Å². The van der Waals surface area contributed by atoms with Crippen LogP contribution >= 0.6 is 11.3 Å². The largest absolute Gasteiger partial charge is 0.456 e. The quantitative estimate of drug-likeness (QED) is 0.169. The molecule has 0 aliphatic carbocycles. The minimum atomic E-state index is 0.0281. The van der Waals surface area contributed by atoms with Crippen molar-refractivity contribution in [3.63, 3.8) is 0 Å². The zero-order valence-electron chi connectivity index (χ0n) is 34.8. The summed E-state index contributed by atoms with van der Waals surface area (Å²) >= 11 is 1.82. The summed E-state index contributed by atoms with van der Waals surface area (Å²) in [6.07, 6.45) is 0. The van der Waals surface area contributed by atoms with E-state index in [-0.39, 0.29) is 16.2 Å². The number of furan rings is 1. The van der Waals surface area contributed by atoms with Crippen molar-refractivity contribution in [2.45, 2.75) is 92.4 Å². The van der Waals surface area contributed by atoms with Crippen LogP contribution in [0.4, 0.5) is 34.1 Å². The van der Waals surface area contributed by atoms with Crippen LogP contribution in [0.1, 0.15) is 90.1 Å². The molecule has 0 aliphatic rings. The Hall–Kier alpha value is -5.32. The summed E-state index contributed by atoms with van der Waals surface area (Å²) in [5.74, 6) is 0. The normalized spacial score (nSPS) is 12.6. The topological polar surface area (TPSA) is 19.6 Å². The number of hydrogen-bond acceptors (Lipinski definition) is 4. The van der Waals surface area contributed by atoms with Gasteiger partial charge in [0.1, 0.15) is 11.2 Å². The predicted octanol–water partition coefficient (Wildman–Crippen LogP) is 16.2. The summed E-state index contributed by atoms with van der Waals surface area (Å²) < 4.78 is 7.76. The molecule has 0 unspecified atom stereocenters. The van der Waals surface area contributed by atoms with Crippen LogP contribution in [0.2, 0.25) is 0 Å². The van der Waals surface area contributed by atoms with Crippen LogP contribution < -0.4 is 9.80 Å². The van der Waals surface area contributed by atoms with Gasteiger partial charge in [-0.3, -0.25) is 0 Å². The van der Waals surface area contributed by atoms with Crippen LogP contribution in [0.3, 0.4) is 0 Å². The van der Waals surface area contributed by atoms with Gasteiger partial charge >= 0.3 is 0 Å². The number of anilines is 6. The van der Waals surface area contributed by atoms with Crippen molar-refractivity contribution in [3.05, 3.63) is 155 Å². The summed E-state index contributed by atoms with van der Waals surface area (Å²) in [5, 5.41) is 5.84. The molecule has 0 aliphatic heterocycles. The average molecular weight is 755 g/mol. The molecule has 56 heavy (non-hydrogen) atoms. The Kier molecular flexibility index (Phi) is 9.20. The third-order valence-electron chi connectivity index (χ3n) is 11.2. The van der Waals surface area contributed by atoms with Gasteiger partial charge in [0.15, 0.2) is 0 Å². The first-order valence-corrected chi connectivity index (χ1v) is 20.7. The Balaban J connectivity index is 1.41. The lowest BCUT2D eigenvalue weighted by Gasteiger charge is -2.33. The molecule has 8 rings (SSSR count). The SMILES string of the molecule is Cc1cc(N(c2ccc(C(C)(C)C)cc2)c2csc3ccc(C(C)(C)C)cc23)c(C)c(N(c2ccc(C(C)(C)C)cc2)c2cccc3oc4ccccc4c23)c1. The van der Waals surface area contributed by atoms with Gasteiger partial charge in [0.05, 0.1) is 28.1 Å². The van der Waals surface area contributed by atoms with Crippen LogP contribution in [0, 0.1) is 13.8 Å². The fourth-order valence-electron chi connectivity index (χ4n) is 7.92. The maximum absolute atomic E-state index is 6.48. The van der Waals surface area contributed by atoms with Gasteiger partial charge in [-0.15, -0.1) is 11.3 Å². The van der Waals surface area contributed by atoms with Gasteiger partial charge < -0.3 is 14.2 Å². The van der Waals surface area contributed by atoms with E-state index in [0.29, 0.717) is 0 Å². The number of nitrogens with zero attached hydrogens (tertiary/aromatic N) is 2. The van der Waals surface area contributed by atoms with E-state index >= 15 is 0 Å². The Morgan fingerprint density at radius 3 is 1.55 bits per heavy atom. The third kappa shape index (κ3) is 6.79. The van der Waals surface area contributed by atoms with Gasteiger partial charge in [-0.1, -0.05) is 117 Å². The minimum Gasteiger partial charge on any atom is -0.456 e. The Morgan fingerprint density at radius 2 is 0.982 bits per heavy atom. The molecule has 4 heteroatoms. The first kappa shape index (κ1) is 37.6. The molecule has 3 nitrogen and oxygen atoms in total. The number of hydrogen-bond donors (Lipinski definition) is 0. The second kappa shape index (κ2) is 13.7. The second-order valence-corrected chi connectivity index (χ2v) is 19.4. The zero-order valence-corrected chi connectivity index (χ0v) is 35.7. The molecule has 2 heterocycles. The summed E-state index contributed by atoms with van der Waals surface area (Å²) in [4.78, 5) is 4.95. The highest BCUT2D eigenvalue weighted by Crippen LogP contribution is 2.50. The molecule has 0 amide bonds. The minimum absolute atomic E-state index is 0.0281. The molecule has 2 aromatic heterocycles. The van der Waals surface area contributed by atoms with Crippen molar-refractivity contribution in [1.29, 1.82) is 0 Å². The average Bonchev–Trinajstić information content (AvgIpc) is 3.75. The lowest BCUT2D eigenvalue weighted by atomic mass is 9.86. The standard InChI is InChI=1S/C52H54N2OS/c1-33-29-43(53(38-24-19-35(20-25-38)50(3,4)5)42-16-14-18-47-49(42)40-15-12-13-17-46(40)55-47)34(2)44(30-33)54(39-26-21-36(22-27-39)51(6,7)8)45-32-56-48-28-23-37(31-41(45)48)52(9,10)11/h12-32H,1-11H3. The second-order valence-electron chi connectivity index (χ2n) is 18.5. The summed E-state index contributed by atoms with van der Waals surface area (Å²) in [6.45, 7) is 25.1. The van der Waals surface area contributed by atoms with Crippen LogP contribution in [0.5, 0.6) is 0 Å². The number of rotatable bonds is 6. The first-order valence-electron chi connectivity index (χ1n) is 19.8. The Bertz CT molecular complexity index is 2710. The molecule has 0 fully saturated rings. The van der Waals surface area contributed by atoms with Gasteiger partial charge in [0, 0.05) is 32.2 Å². The molecule has 0 saturated heterocycles. The van der Waals surface area contributed by atoms with E-state index in [1.807, 2.05) is 17.4 Å². The van der Waals surface area contributed by atoms with Crippen molar-refractivity contribution < 1.29 is 4.42 Å². The number of para-hydroxylation sites is 1. The summed E-state index contributed by atoms with van der Waals surface area (Å²) in [6, 6.07) is 44.9. The van der Waals surface area contributed by atoms with Crippen molar-refractivity contribution in [2.75, 3.05) is 9.80 Å². The smallest absolute Gasteiger partial charge is 0.137 e. The number of thiophene rings is 1. The first-order chi connectivity index (χ1) is 26.5. The highest BCUT2D eigenvalue weighted by Gasteiger charge is 2.27. The third-order valence-corrected chi connectivity index (χ3v) is 12.2. The Morgan fingerprint density at radius 1 is 0.464 bits per heavy atom. The molecule has 8 aromatic rings. The monoisotopic (exact) mass is 754 g/mol. The molecule has 0 N–H and O–H groups in total. The van der Waals surface area contributed by atoms with Gasteiger partial charge in [-0.05, 0) is 125 Å². The lowest BCUT2D eigenvalue weighted by molar-refractivity contribution is 0.590. The molecular weight excluding hydrogens is 701 g/mol. The van der Waals surface area contributed by atoms with Crippen LogP contribution in [-0.4, -0.2) is 0 Å². The molecule has 284 valence electrons. The summed E-state index contributed by atoms with van der Waals surface area (Å²) in [7, 11) is 0. The predicted molar refractivity (Wildman–Crippen MR) is 244 cm³/mol. The highest BCUT2D eigenvalue weighted by atomic mass is 32.1. The molecule has 0 atom stereocenters. The molecule has 0 radical (unpaired) electrons. The maximum Gasteiger partial charge on any atom is 0.137 e. The molecule has 0 bridgehead atoms. The molecule has 0 saturated carbocycles. The van der Waals surface area contributed by atoms with Gasteiger partial charge in [-0.25, -0.2) is 0 Å². The van der Waals surface area contributed by atoms with Gasteiger partial charge in [0.2, 0.25) is 0 Å². The van der Waals surface area contributed by atoms with Crippen molar-refractivity contribution >= 4 is 77.5 Å². The van der Waals surface area contributed by atoms with E-state index in [2.05, 4.69) is 207 Å². The fourth-order valence-corrected chi connectivity index (χ4v) is 8.83. The van der Waals surface area contributed by atoms with Crippen molar-refractivity contribution in [1.82, 2.24) is 0 Å². The lowest BCUT2D eigenvalue weighted by Crippen LogP contribution is -2.17. The molecule has 6 aromatic carbocycles. The Labute approximate surface area is 337 Å². The van der Waals surface area contributed by atoms with E-state index < -0.39 is 0 Å². The molecular formula is C52H54N2OS. The fraction of sp³-hybridized carbons (Fsp3) is 0.269. The molecule has 0 spiro atoms. The number of benzene rings is 6. The van der Waals surface area contributed by atoms with E-state index in [0.717, 1.165) is 50.4 Å². The maximum atomic E-state index is 6.48.